The molecule has 0 fully saturated rings. The third kappa shape index (κ3) is 3.60. The maximum absolute atomic E-state index is 13.8. The number of carbonyl (C=O) groups excluding carboxylic acids is 1. The van der Waals surface area contributed by atoms with E-state index in [4.69, 9.17) is 9.15 Å². The Hall–Kier alpha value is -3.93. The lowest BCUT2D eigenvalue weighted by Crippen LogP contribution is -2.14. The molecule has 5 nitrogen and oxygen atoms in total. The summed E-state index contributed by atoms with van der Waals surface area (Å²) in [5, 5.41) is 2.90. The lowest BCUT2D eigenvalue weighted by atomic mass is 10.1. The Balaban J connectivity index is 1.71. The highest BCUT2D eigenvalue weighted by Crippen LogP contribution is 2.31. The zero-order chi connectivity index (χ0) is 20.4. The van der Waals surface area contributed by atoms with Gasteiger partial charge in [0.15, 0.2) is 5.43 Å². The molecule has 1 N–H and O–H groups in total. The predicted octanol–water partition coefficient (Wildman–Crippen LogP) is 4.86. The van der Waals surface area contributed by atoms with Gasteiger partial charge in [0.1, 0.15) is 22.9 Å². The Morgan fingerprint density at radius 2 is 1.76 bits per heavy atom. The standard InChI is InChI=1S/C23H16FNO4/c1-28-20-9-5-3-7-16(20)22-13-19(26)17-12-14(10-11-21(17)29-22)25-23(27)15-6-2-4-8-18(15)24/h2-13H,1H3,(H,25,27). The fourth-order valence-corrected chi connectivity index (χ4v) is 3.06. The van der Waals surface area contributed by atoms with Gasteiger partial charge in [0.2, 0.25) is 0 Å². The molecule has 3 aromatic carbocycles. The largest absolute Gasteiger partial charge is 0.496 e. The van der Waals surface area contributed by atoms with Crippen LogP contribution in [0.15, 0.2) is 82.0 Å². The van der Waals surface area contributed by atoms with Crippen molar-refractivity contribution in [2.75, 3.05) is 12.4 Å². The Morgan fingerprint density at radius 1 is 1.00 bits per heavy atom. The van der Waals surface area contributed by atoms with Crippen LogP contribution < -0.4 is 15.5 Å². The molecule has 4 rings (SSSR count). The first kappa shape index (κ1) is 18.4. The SMILES string of the molecule is COc1ccccc1-c1cc(=O)c2cc(NC(=O)c3ccccc3F)ccc2o1. The summed E-state index contributed by atoms with van der Waals surface area (Å²) in [5.41, 5.74) is 1.04. The van der Waals surface area contributed by atoms with Crippen LogP contribution in [0.2, 0.25) is 0 Å². The molecule has 1 aromatic heterocycles. The number of methoxy groups -OCH3 is 1. The predicted molar refractivity (Wildman–Crippen MR) is 109 cm³/mol. The molecule has 0 aliphatic carbocycles. The Bertz CT molecular complexity index is 1280. The monoisotopic (exact) mass is 389 g/mol. The number of ether oxygens (including phenoxy) is 1. The Morgan fingerprint density at radius 3 is 2.55 bits per heavy atom. The lowest BCUT2D eigenvalue weighted by Gasteiger charge is -2.09. The number of amides is 1. The van der Waals surface area contributed by atoms with Gasteiger partial charge in [0, 0.05) is 11.8 Å². The van der Waals surface area contributed by atoms with Gasteiger partial charge in [-0.05, 0) is 42.5 Å². The van der Waals surface area contributed by atoms with E-state index in [1.807, 2.05) is 12.1 Å². The summed E-state index contributed by atoms with van der Waals surface area (Å²) < 4.78 is 25.0. The van der Waals surface area contributed by atoms with E-state index >= 15 is 0 Å². The molecule has 29 heavy (non-hydrogen) atoms. The molecule has 0 unspecified atom stereocenters. The smallest absolute Gasteiger partial charge is 0.258 e. The van der Waals surface area contributed by atoms with Crippen LogP contribution in [-0.4, -0.2) is 13.0 Å². The number of hydrogen-bond acceptors (Lipinski definition) is 4. The van der Waals surface area contributed by atoms with E-state index < -0.39 is 11.7 Å². The highest BCUT2D eigenvalue weighted by atomic mass is 19.1. The average molecular weight is 389 g/mol. The van der Waals surface area contributed by atoms with Crippen molar-refractivity contribution in [3.63, 3.8) is 0 Å². The van der Waals surface area contributed by atoms with Gasteiger partial charge in [-0.1, -0.05) is 24.3 Å². The minimum atomic E-state index is -0.619. The topological polar surface area (TPSA) is 68.5 Å². The maximum Gasteiger partial charge on any atom is 0.258 e. The number of carbonyl (C=O) groups is 1. The number of para-hydroxylation sites is 1. The molecule has 4 aromatic rings. The molecule has 144 valence electrons. The van der Waals surface area contributed by atoms with Crippen molar-refractivity contribution < 1.29 is 18.3 Å². The van der Waals surface area contributed by atoms with Crippen LogP contribution in [0.25, 0.3) is 22.3 Å². The molecule has 0 aliphatic heterocycles. The van der Waals surface area contributed by atoms with Crippen LogP contribution in [0, 0.1) is 5.82 Å². The first-order valence-electron chi connectivity index (χ1n) is 8.84. The summed E-state index contributed by atoms with van der Waals surface area (Å²) in [4.78, 5) is 25.0. The van der Waals surface area contributed by atoms with E-state index in [0.29, 0.717) is 33.7 Å². The minimum absolute atomic E-state index is 0.0776. The fourth-order valence-electron chi connectivity index (χ4n) is 3.06. The summed E-state index contributed by atoms with van der Waals surface area (Å²) in [6, 6.07) is 19.0. The molecular weight excluding hydrogens is 373 g/mol. The minimum Gasteiger partial charge on any atom is -0.496 e. The molecule has 0 radical (unpaired) electrons. The van der Waals surface area contributed by atoms with Crippen molar-refractivity contribution in [1.82, 2.24) is 0 Å². The maximum atomic E-state index is 13.8. The lowest BCUT2D eigenvalue weighted by molar-refractivity contribution is 0.102. The quantitative estimate of drug-likeness (QED) is 0.541. The van der Waals surface area contributed by atoms with Crippen LogP contribution in [-0.2, 0) is 0 Å². The van der Waals surface area contributed by atoms with Crippen molar-refractivity contribution in [1.29, 1.82) is 0 Å². The molecule has 0 spiro atoms. The van der Waals surface area contributed by atoms with Crippen LogP contribution in [0.5, 0.6) is 5.75 Å². The van der Waals surface area contributed by atoms with Crippen LogP contribution in [0.3, 0.4) is 0 Å². The number of anilines is 1. The summed E-state index contributed by atoms with van der Waals surface area (Å²) in [7, 11) is 1.54. The van der Waals surface area contributed by atoms with Gasteiger partial charge >= 0.3 is 0 Å². The van der Waals surface area contributed by atoms with Crippen molar-refractivity contribution in [3.05, 3.63) is 94.4 Å². The fraction of sp³-hybridized carbons (Fsp3) is 0.0435. The summed E-state index contributed by atoms with van der Waals surface area (Å²) in [6.07, 6.45) is 0. The molecule has 1 amide bonds. The van der Waals surface area contributed by atoms with Gasteiger partial charge < -0.3 is 14.5 Å². The van der Waals surface area contributed by atoms with Crippen LogP contribution in [0.4, 0.5) is 10.1 Å². The van der Waals surface area contributed by atoms with E-state index in [-0.39, 0.29) is 11.0 Å². The molecule has 0 bridgehead atoms. The number of halogens is 1. The molecule has 0 atom stereocenters. The highest BCUT2D eigenvalue weighted by Gasteiger charge is 2.14. The van der Waals surface area contributed by atoms with Gasteiger partial charge in [-0.25, -0.2) is 4.39 Å². The first-order valence-corrected chi connectivity index (χ1v) is 8.84. The van der Waals surface area contributed by atoms with Crippen molar-refractivity contribution >= 4 is 22.6 Å². The van der Waals surface area contributed by atoms with E-state index in [1.165, 1.54) is 30.3 Å². The molecular formula is C23H16FNO4. The van der Waals surface area contributed by atoms with Crippen molar-refractivity contribution in [2.24, 2.45) is 0 Å². The Labute approximate surface area is 165 Å². The van der Waals surface area contributed by atoms with Crippen molar-refractivity contribution in [2.45, 2.75) is 0 Å². The van der Waals surface area contributed by atoms with E-state index in [9.17, 15) is 14.0 Å². The van der Waals surface area contributed by atoms with E-state index in [0.717, 1.165) is 0 Å². The van der Waals surface area contributed by atoms with E-state index in [1.54, 1.807) is 37.4 Å². The van der Waals surface area contributed by atoms with Gasteiger partial charge in [0.05, 0.1) is 23.6 Å². The van der Waals surface area contributed by atoms with Gasteiger partial charge in [-0.2, -0.15) is 0 Å². The number of fused-ring (bicyclic) bond motifs is 1. The molecule has 1 heterocycles. The summed E-state index contributed by atoms with van der Waals surface area (Å²) in [5.74, 6) is -0.254. The second-order valence-corrected chi connectivity index (χ2v) is 6.32. The first-order chi connectivity index (χ1) is 14.1. The third-order valence-corrected chi connectivity index (χ3v) is 4.48. The molecule has 6 heteroatoms. The van der Waals surface area contributed by atoms with Gasteiger partial charge in [-0.3, -0.25) is 9.59 Å². The molecule has 0 saturated carbocycles. The summed E-state index contributed by atoms with van der Waals surface area (Å²) >= 11 is 0. The van der Waals surface area contributed by atoms with Crippen LogP contribution >= 0.6 is 0 Å². The average Bonchev–Trinajstić information content (AvgIpc) is 2.74. The number of hydrogen-bond donors (Lipinski definition) is 1. The second-order valence-electron chi connectivity index (χ2n) is 6.32. The number of benzene rings is 3. The highest BCUT2D eigenvalue weighted by molar-refractivity contribution is 6.05. The molecule has 0 saturated heterocycles. The molecule has 0 aliphatic rings. The number of nitrogens with one attached hydrogen (secondary N) is 1. The third-order valence-electron chi connectivity index (χ3n) is 4.48. The normalized spacial score (nSPS) is 10.7. The van der Waals surface area contributed by atoms with E-state index in [2.05, 4.69) is 5.32 Å². The van der Waals surface area contributed by atoms with Crippen LogP contribution in [0.1, 0.15) is 10.4 Å². The van der Waals surface area contributed by atoms with Gasteiger partial charge in [-0.15, -0.1) is 0 Å². The zero-order valence-electron chi connectivity index (χ0n) is 15.4. The van der Waals surface area contributed by atoms with Crippen molar-refractivity contribution in [3.8, 4) is 17.1 Å². The summed E-state index contributed by atoms with van der Waals surface area (Å²) in [6.45, 7) is 0. The van der Waals surface area contributed by atoms with Gasteiger partial charge in [0.25, 0.3) is 5.91 Å². The Kier molecular flexibility index (Phi) is 4.83. The zero-order valence-corrected chi connectivity index (χ0v) is 15.4. The number of rotatable bonds is 4. The second kappa shape index (κ2) is 7.59.